The van der Waals surface area contributed by atoms with Gasteiger partial charge in [0, 0.05) is 44.1 Å². The summed E-state index contributed by atoms with van der Waals surface area (Å²) in [6.07, 6.45) is 5.78. The summed E-state index contributed by atoms with van der Waals surface area (Å²) in [7, 11) is 2.00. The van der Waals surface area contributed by atoms with Crippen molar-refractivity contribution in [1.82, 2.24) is 24.6 Å². The fourth-order valence-electron chi connectivity index (χ4n) is 3.70. The van der Waals surface area contributed by atoms with Crippen LogP contribution in [0.4, 0.5) is 0 Å². The smallest absolute Gasteiger partial charge is 0.258 e. The molecule has 1 fully saturated rings. The molecule has 0 unspecified atom stereocenters. The van der Waals surface area contributed by atoms with Crippen molar-refractivity contribution >= 4 is 17.0 Å². The Morgan fingerprint density at radius 1 is 1.36 bits per heavy atom. The number of hydrogen-bond donors (Lipinski definition) is 0. The molecule has 1 aliphatic rings. The van der Waals surface area contributed by atoms with Crippen molar-refractivity contribution < 1.29 is 9.32 Å². The lowest BCUT2D eigenvalue weighted by atomic mass is 9.96. The normalized spacial score (nSPS) is 18.0. The average Bonchev–Trinajstić information content (AvgIpc) is 3.19. The largest absolute Gasteiger partial charge is 0.338 e. The molecule has 4 rings (SSSR count). The minimum Gasteiger partial charge on any atom is -0.338 e. The van der Waals surface area contributed by atoms with Crippen molar-refractivity contribution in [1.29, 1.82) is 0 Å². The van der Waals surface area contributed by atoms with Gasteiger partial charge in [0.25, 0.3) is 11.6 Å². The maximum absolute atomic E-state index is 13.2. The molecule has 1 aliphatic heterocycles. The SMILES string of the molecule is Cc1cc(C(=O)N2CCC[C@@H](c3nccn3C)C2)c2c(C)noc2n1. The number of nitrogens with zero attached hydrogens (tertiary/aromatic N) is 5. The maximum atomic E-state index is 13.2. The van der Waals surface area contributed by atoms with E-state index in [1.54, 1.807) is 0 Å². The fraction of sp³-hybridized carbons (Fsp3) is 0.444. The van der Waals surface area contributed by atoms with Crippen molar-refractivity contribution in [3.05, 3.63) is 41.2 Å². The average molecular weight is 339 g/mol. The first-order valence-electron chi connectivity index (χ1n) is 8.54. The molecule has 1 amide bonds. The third-order valence-electron chi connectivity index (χ3n) is 4.91. The third kappa shape index (κ3) is 2.69. The number of pyridine rings is 1. The van der Waals surface area contributed by atoms with Gasteiger partial charge in [0.2, 0.25) is 0 Å². The minimum absolute atomic E-state index is 0.0145. The molecule has 7 heteroatoms. The molecule has 0 radical (unpaired) electrons. The summed E-state index contributed by atoms with van der Waals surface area (Å²) >= 11 is 0. The Morgan fingerprint density at radius 3 is 2.96 bits per heavy atom. The summed E-state index contributed by atoms with van der Waals surface area (Å²) in [4.78, 5) is 23.9. The van der Waals surface area contributed by atoms with E-state index < -0.39 is 0 Å². The van der Waals surface area contributed by atoms with Crippen LogP contribution in [0.5, 0.6) is 0 Å². The monoisotopic (exact) mass is 339 g/mol. The Bertz CT molecular complexity index is 942. The zero-order chi connectivity index (χ0) is 17.6. The highest BCUT2D eigenvalue weighted by atomic mass is 16.5. The van der Waals surface area contributed by atoms with E-state index in [9.17, 15) is 4.79 Å². The zero-order valence-corrected chi connectivity index (χ0v) is 14.7. The highest BCUT2D eigenvalue weighted by Gasteiger charge is 2.29. The van der Waals surface area contributed by atoms with Gasteiger partial charge in [-0.15, -0.1) is 0 Å². The molecule has 1 saturated heterocycles. The first kappa shape index (κ1) is 15.8. The Balaban J connectivity index is 1.67. The Kier molecular flexibility index (Phi) is 3.78. The van der Waals surface area contributed by atoms with Crippen molar-refractivity contribution in [3.8, 4) is 0 Å². The van der Waals surface area contributed by atoms with Crippen molar-refractivity contribution in [3.63, 3.8) is 0 Å². The molecule has 0 N–H and O–H groups in total. The van der Waals surface area contributed by atoms with Gasteiger partial charge in [-0.1, -0.05) is 5.16 Å². The number of rotatable bonds is 2. The molecule has 4 heterocycles. The van der Waals surface area contributed by atoms with Gasteiger partial charge in [-0.05, 0) is 32.8 Å². The summed E-state index contributed by atoms with van der Waals surface area (Å²) in [6.45, 7) is 5.14. The molecule has 1 atom stereocenters. The van der Waals surface area contributed by atoms with Crippen LogP contribution in [0.3, 0.4) is 0 Å². The van der Waals surface area contributed by atoms with Gasteiger partial charge in [0.15, 0.2) is 0 Å². The van der Waals surface area contributed by atoms with Crippen molar-refractivity contribution in [2.45, 2.75) is 32.6 Å². The summed E-state index contributed by atoms with van der Waals surface area (Å²) in [5, 5.41) is 4.69. The van der Waals surface area contributed by atoms with E-state index in [4.69, 9.17) is 4.52 Å². The van der Waals surface area contributed by atoms with Crippen molar-refractivity contribution in [2.24, 2.45) is 7.05 Å². The number of likely N-dealkylation sites (tertiary alicyclic amines) is 1. The number of carbonyl (C=O) groups excluding carboxylic acids is 1. The van der Waals surface area contributed by atoms with Crippen LogP contribution in [0.15, 0.2) is 23.0 Å². The summed E-state index contributed by atoms with van der Waals surface area (Å²) < 4.78 is 7.30. The number of carbonyl (C=O) groups is 1. The van der Waals surface area contributed by atoms with E-state index in [1.807, 2.05) is 48.8 Å². The third-order valence-corrected chi connectivity index (χ3v) is 4.91. The number of imidazole rings is 1. The van der Waals surface area contributed by atoms with E-state index >= 15 is 0 Å². The molecule has 3 aromatic rings. The molecular formula is C18H21N5O2. The molecule has 0 aromatic carbocycles. The van der Waals surface area contributed by atoms with E-state index in [0.717, 1.165) is 36.3 Å². The molecular weight excluding hydrogens is 318 g/mol. The Morgan fingerprint density at radius 2 is 2.20 bits per heavy atom. The number of fused-ring (bicyclic) bond motifs is 1. The minimum atomic E-state index is 0.0145. The van der Waals surface area contributed by atoms with E-state index in [1.165, 1.54) is 0 Å². The van der Waals surface area contributed by atoms with Gasteiger partial charge >= 0.3 is 0 Å². The van der Waals surface area contributed by atoms with Crippen LogP contribution in [0.2, 0.25) is 0 Å². The predicted octanol–water partition coefficient (Wildman–Crippen LogP) is 2.59. The van der Waals surface area contributed by atoms with Crippen LogP contribution in [0, 0.1) is 13.8 Å². The number of amides is 1. The van der Waals surface area contributed by atoms with Crippen LogP contribution >= 0.6 is 0 Å². The number of aryl methyl sites for hydroxylation is 3. The second-order valence-corrected chi connectivity index (χ2v) is 6.75. The standard InChI is InChI=1S/C18H21N5O2/c1-11-9-14(15-12(2)21-25-17(15)20-11)18(24)23-7-4-5-13(10-23)16-19-6-8-22(16)3/h6,8-9,13H,4-5,7,10H2,1-3H3/t13-/m1/s1. The molecule has 0 spiro atoms. The van der Waals surface area contributed by atoms with Crippen LogP contribution < -0.4 is 0 Å². The summed E-state index contributed by atoms with van der Waals surface area (Å²) in [5.74, 6) is 1.31. The molecule has 0 bridgehead atoms. The van der Waals surface area contributed by atoms with E-state index in [-0.39, 0.29) is 11.8 Å². The lowest BCUT2D eigenvalue weighted by Crippen LogP contribution is -2.39. The van der Waals surface area contributed by atoms with Crippen LogP contribution in [0.1, 0.15) is 46.3 Å². The predicted molar refractivity (Wildman–Crippen MR) is 92.4 cm³/mol. The Hall–Kier alpha value is -2.70. The highest BCUT2D eigenvalue weighted by molar-refractivity contribution is 6.06. The molecule has 0 aliphatic carbocycles. The number of hydrogen-bond acceptors (Lipinski definition) is 5. The van der Waals surface area contributed by atoms with Gasteiger partial charge < -0.3 is 14.0 Å². The molecule has 0 saturated carbocycles. The first-order chi connectivity index (χ1) is 12.0. The second kappa shape index (κ2) is 5.98. The maximum Gasteiger partial charge on any atom is 0.258 e. The quantitative estimate of drug-likeness (QED) is 0.717. The van der Waals surface area contributed by atoms with Gasteiger partial charge in [0.05, 0.1) is 16.6 Å². The number of piperidine rings is 1. The Labute approximate surface area is 145 Å². The molecule has 7 nitrogen and oxygen atoms in total. The van der Waals surface area contributed by atoms with Gasteiger partial charge in [-0.3, -0.25) is 4.79 Å². The zero-order valence-electron chi connectivity index (χ0n) is 14.7. The van der Waals surface area contributed by atoms with E-state index in [2.05, 4.69) is 15.1 Å². The summed E-state index contributed by atoms with van der Waals surface area (Å²) in [5.41, 5.74) is 2.51. The topological polar surface area (TPSA) is 77.0 Å². The van der Waals surface area contributed by atoms with Crippen LogP contribution in [0.25, 0.3) is 11.1 Å². The first-order valence-corrected chi connectivity index (χ1v) is 8.54. The lowest BCUT2D eigenvalue weighted by molar-refractivity contribution is 0.0705. The molecule has 25 heavy (non-hydrogen) atoms. The second-order valence-electron chi connectivity index (χ2n) is 6.75. The van der Waals surface area contributed by atoms with Gasteiger partial charge in [-0.25, -0.2) is 9.97 Å². The highest BCUT2D eigenvalue weighted by Crippen LogP contribution is 2.29. The van der Waals surface area contributed by atoms with Crippen LogP contribution in [-0.2, 0) is 7.05 Å². The lowest BCUT2D eigenvalue weighted by Gasteiger charge is -2.32. The van der Waals surface area contributed by atoms with Crippen LogP contribution in [-0.4, -0.2) is 43.6 Å². The molecule has 3 aromatic heterocycles. The van der Waals surface area contributed by atoms with Gasteiger partial charge in [0.1, 0.15) is 5.82 Å². The van der Waals surface area contributed by atoms with Gasteiger partial charge in [-0.2, -0.15) is 0 Å². The summed E-state index contributed by atoms with van der Waals surface area (Å²) in [6, 6.07) is 1.83. The fourth-order valence-corrected chi connectivity index (χ4v) is 3.70. The van der Waals surface area contributed by atoms with E-state index in [0.29, 0.717) is 23.5 Å². The number of aromatic nitrogens is 4. The van der Waals surface area contributed by atoms with Crippen molar-refractivity contribution in [2.75, 3.05) is 13.1 Å². The molecule has 130 valence electrons.